The third-order valence-electron chi connectivity index (χ3n) is 4.51. The van der Waals surface area contributed by atoms with Gasteiger partial charge in [0.05, 0.1) is 5.60 Å². The van der Waals surface area contributed by atoms with E-state index in [9.17, 15) is 9.50 Å². The second-order valence-electron chi connectivity index (χ2n) is 6.18. The monoisotopic (exact) mass is 263 g/mol. The molecule has 3 heteroatoms. The van der Waals surface area contributed by atoms with Gasteiger partial charge in [-0.2, -0.15) is 0 Å². The van der Waals surface area contributed by atoms with Crippen LogP contribution in [0.4, 0.5) is 4.39 Å². The second kappa shape index (κ2) is 5.22. The molecule has 0 bridgehead atoms. The van der Waals surface area contributed by atoms with Crippen molar-refractivity contribution in [2.45, 2.75) is 50.2 Å². The summed E-state index contributed by atoms with van der Waals surface area (Å²) in [6.07, 6.45) is 6.52. The maximum atomic E-state index is 13.0. The summed E-state index contributed by atoms with van der Waals surface area (Å²) in [6.45, 7) is 0.658. The van der Waals surface area contributed by atoms with Crippen LogP contribution in [-0.4, -0.2) is 17.3 Å². The molecule has 19 heavy (non-hydrogen) atoms. The fourth-order valence-corrected chi connectivity index (χ4v) is 3.17. The number of aliphatic hydroxyl groups is 1. The third kappa shape index (κ3) is 3.15. The van der Waals surface area contributed by atoms with Crippen LogP contribution in [0.5, 0.6) is 0 Å². The number of hydrogen-bond donors (Lipinski definition) is 2. The first-order chi connectivity index (χ1) is 9.16. The van der Waals surface area contributed by atoms with Gasteiger partial charge in [-0.1, -0.05) is 25.0 Å². The van der Waals surface area contributed by atoms with E-state index in [1.807, 2.05) is 12.1 Å². The van der Waals surface area contributed by atoms with Crippen LogP contribution in [0, 0.1) is 11.7 Å². The van der Waals surface area contributed by atoms with Crippen LogP contribution >= 0.6 is 0 Å². The van der Waals surface area contributed by atoms with Crippen molar-refractivity contribution in [3.05, 3.63) is 35.6 Å². The molecule has 0 aliphatic heterocycles. The first-order valence-electron chi connectivity index (χ1n) is 7.38. The van der Waals surface area contributed by atoms with Crippen molar-refractivity contribution in [3.8, 4) is 0 Å². The van der Waals surface area contributed by atoms with Gasteiger partial charge >= 0.3 is 0 Å². The van der Waals surface area contributed by atoms with Crippen LogP contribution in [0.3, 0.4) is 0 Å². The van der Waals surface area contributed by atoms with Crippen LogP contribution in [0.2, 0.25) is 0 Å². The average molecular weight is 263 g/mol. The van der Waals surface area contributed by atoms with E-state index in [4.69, 9.17) is 0 Å². The lowest BCUT2D eigenvalue weighted by atomic mass is 9.98. The molecule has 1 unspecified atom stereocenters. The Morgan fingerprint density at radius 3 is 2.42 bits per heavy atom. The summed E-state index contributed by atoms with van der Waals surface area (Å²) >= 11 is 0. The van der Waals surface area contributed by atoms with E-state index in [2.05, 4.69) is 5.32 Å². The van der Waals surface area contributed by atoms with Crippen LogP contribution in [-0.2, 0) is 0 Å². The molecule has 0 heterocycles. The SMILES string of the molecule is OC1(CNC(c2ccc(F)cc2)C2CC2)CCCC1. The van der Waals surface area contributed by atoms with E-state index in [0.717, 1.165) is 31.2 Å². The smallest absolute Gasteiger partial charge is 0.123 e. The first kappa shape index (κ1) is 13.1. The molecule has 2 nitrogen and oxygen atoms in total. The molecule has 1 aromatic rings. The predicted octanol–water partition coefficient (Wildman–Crippen LogP) is 3.17. The Hall–Kier alpha value is -0.930. The van der Waals surface area contributed by atoms with Gasteiger partial charge in [-0.15, -0.1) is 0 Å². The quantitative estimate of drug-likeness (QED) is 0.855. The lowest BCUT2D eigenvalue weighted by Gasteiger charge is -2.27. The predicted molar refractivity (Wildman–Crippen MR) is 73.3 cm³/mol. The Morgan fingerprint density at radius 1 is 1.21 bits per heavy atom. The van der Waals surface area contributed by atoms with Gasteiger partial charge in [0.15, 0.2) is 0 Å². The van der Waals surface area contributed by atoms with Gasteiger partial charge < -0.3 is 10.4 Å². The van der Waals surface area contributed by atoms with Crippen LogP contribution in [0.1, 0.15) is 50.1 Å². The normalized spacial score (nSPS) is 23.5. The van der Waals surface area contributed by atoms with E-state index in [1.165, 1.54) is 25.0 Å². The Balaban J connectivity index is 1.66. The van der Waals surface area contributed by atoms with Gasteiger partial charge in [-0.05, 0) is 49.3 Å². The van der Waals surface area contributed by atoms with Crippen molar-refractivity contribution < 1.29 is 9.50 Å². The maximum Gasteiger partial charge on any atom is 0.123 e. The minimum absolute atomic E-state index is 0.187. The average Bonchev–Trinajstić information content (AvgIpc) is 3.14. The molecule has 0 spiro atoms. The highest BCUT2D eigenvalue weighted by Crippen LogP contribution is 2.41. The molecule has 2 aliphatic rings. The summed E-state index contributed by atoms with van der Waals surface area (Å²) in [7, 11) is 0. The van der Waals surface area contributed by atoms with Crippen LogP contribution in [0.15, 0.2) is 24.3 Å². The summed E-state index contributed by atoms with van der Waals surface area (Å²) in [5, 5.41) is 13.9. The summed E-state index contributed by atoms with van der Waals surface area (Å²) < 4.78 is 13.0. The standard InChI is InChI=1S/C16H22FNO/c17-14-7-5-13(6-8-14)15(12-3-4-12)18-11-16(19)9-1-2-10-16/h5-8,12,15,18-19H,1-4,9-11H2. The fraction of sp³-hybridized carbons (Fsp3) is 0.625. The Kier molecular flexibility index (Phi) is 3.59. The van der Waals surface area contributed by atoms with Crippen LogP contribution in [0.25, 0.3) is 0 Å². The molecule has 2 N–H and O–H groups in total. The zero-order valence-electron chi connectivity index (χ0n) is 11.2. The van der Waals surface area contributed by atoms with E-state index < -0.39 is 5.60 Å². The number of hydrogen-bond acceptors (Lipinski definition) is 2. The third-order valence-corrected chi connectivity index (χ3v) is 4.51. The van der Waals surface area contributed by atoms with Crippen molar-refractivity contribution in [3.63, 3.8) is 0 Å². The van der Waals surface area contributed by atoms with Crippen molar-refractivity contribution in [2.75, 3.05) is 6.54 Å². The number of benzene rings is 1. The number of halogens is 1. The Labute approximate surface area is 114 Å². The van der Waals surface area contributed by atoms with Crippen molar-refractivity contribution in [2.24, 2.45) is 5.92 Å². The molecule has 2 aliphatic carbocycles. The van der Waals surface area contributed by atoms with E-state index in [-0.39, 0.29) is 11.9 Å². The van der Waals surface area contributed by atoms with Crippen molar-refractivity contribution in [1.82, 2.24) is 5.32 Å². The van der Waals surface area contributed by atoms with Crippen molar-refractivity contribution >= 4 is 0 Å². The highest BCUT2D eigenvalue weighted by Gasteiger charge is 2.36. The lowest BCUT2D eigenvalue weighted by molar-refractivity contribution is 0.0440. The molecule has 0 amide bonds. The molecule has 0 aromatic heterocycles. The van der Waals surface area contributed by atoms with E-state index in [0.29, 0.717) is 12.5 Å². The van der Waals surface area contributed by atoms with Crippen LogP contribution < -0.4 is 5.32 Å². The molecule has 1 aromatic carbocycles. The molecular weight excluding hydrogens is 241 g/mol. The maximum absolute atomic E-state index is 13.0. The molecule has 1 atom stereocenters. The largest absolute Gasteiger partial charge is 0.389 e. The molecule has 0 saturated heterocycles. The summed E-state index contributed by atoms with van der Waals surface area (Å²) in [5.41, 5.74) is 0.623. The Bertz CT molecular complexity index is 421. The number of rotatable bonds is 5. The molecule has 2 fully saturated rings. The Morgan fingerprint density at radius 2 is 1.84 bits per heavy atom. The van der Waals surface area contributed by atoms with Gasteiger partial charge in [-0.25, -0.2) is 4.39 Å². The molecular formula is C16H22FNO. The zero-order chi connectivity index (χ0) is 13.3. The molecule has 2 saturated carbocycles. The minimum Gasteiger partial charge on any atom is -0.389 e. The second-order valence-corrected chi connectivity index (χ2v) is 6.18. The first-order valence-corrected chi connectivity index (χ1v) is 7.38. The lowest BCUT2D eigenvalue weighted by Crippen LogP contribution is -2.40. The molecule has 104 valence electrons. The van der Waals surface area contributed by atoms with Gasteiger partial charge in [0.1, 0.15) is 5.82 Å². The van der Waals surface area contributed by atoms with Crippen molar-refractivity contribution in [1.29, 1.82) is 0 Å². The summed E-state index contributed by atoms with van der Waals surface area (Å²) in [5.74, 6) is 0.461. The van der Waals surface area contributed by atoms with Gasteiger partial charge in [0.25, 0.3) is 0 Å². The van der Waals surface area contributed by atoms with Gasteiger partial charge in [-0.3, -0.25) is 0 Å². The topological polar surface area (TPSA) is 32.3 Å². The fourth-order valence-electron chi connectivity index (χ4n) is 3.17. The molecule has 3 rings (SSSR count). The van der Waals surface area contributed by atoms with E-state index >= 15 is 0 Å². The molecule has 0 radical (unpaired) electrons. The van der Waals surface area contributed by atoms with Gasteiger partial charge in [0, 0.05) is 12.6 Å². The minimum atomic E-state index is -0.521. The van der Waals surface area contributed by atoms with Gasteiger partial charge in [0.2, 0.25) is 0 Å². The van der Waals surface area contributed by atoms with E-state index in [1.54, 1.807) is 0 Å². The number of nitrogens with one attached hydrogen (secondary N) is 1. The highest BCUT2D eigenvalue weighted by atomic mass is 19.1. The summed E-state index contributed by atoms with van der Waals surface area (Å²) in [4.78, 5) is 0. The zero-order valence-corrected chi connectivity index (χ0v) is 11.2. The highest BCUT2D eigenvalue weighted by molar-refractivity contribution is 5.22. The summed E-state index contributed by atoms with van der Waals surface area (Å²) in [6, 6.07) is 7.05.